The van der Waals surface area contributed by atoms with Gasteiger partial charge in [0.2, 0.25) is 0 Å². The molecule has 0 saturated carbocycles. The third-order valence-electron chi connectivity index (χ3n) is 5.25. The van der Waals surface area contributed by atoms with E-state index in [-0.39, 0.29) is 0 Å². The second-order valence-corrected chi connectivity index (χ2v) is 8.07. The number of hydrogen-bond donors (Lipinski definition) is 2. The van der Waals surface area contributed by atoms with E-state index >= 15 is 0 Å². The number of rotatable bonds is 5. The van der Waals surface area contributed by atoms with Crippen molar-refractivity contribution >= 4 is 35.0 Å². The van der Waals surface area contributed by atoms with Crippen LogP contribution < -0.4 is 15.5 Å². The molecule has 3 heterocycles. The van der Waals surface area contributed by atoms with Gasteiger partial charge in [-0.2, -0.15) is 0 Å². The molecule has 1 fully saturated rings. The van der Waals surface area contributed by atoms with Crippen LogP contribution in [0, 0.1) is 5.92 Å². The number of aliphatic imine (C=N–C) groups is 1. The molecule has 2 aromatic rings. The fraction of sp³-hybridized carbons (Fsp3) is 0.500. The number of anilines is 1. The molecule has 152 valence electrons. The van der Waals surface area contributed by atoms with Gasteiger partial charge in [-0.05, 0) is 36.5 Å². The monoisotopic (exact) mass is 422 g/mol. The summed E-state index contributed by atoms with van der Waals surface area (Å²) in [5.41, 5.74) is 2.10. The Morgan fingerprint density at radius 1 is 1.21 bits per heavy atom. The van der Waals surface area contributed by atoms with Crippen molar-refractivity contribution in [2.75, 3.05) is 25.0 Å². The summed E-state index contributed by atoms with van der Waals surface area (Å²) in [7, 11) is 3.64. The maximum absolute atomic E-state index is 6.11. The van der Waals surface area contributed by atoms with Crippen molar-refractivity contribution in [2.45, 2.75) is 32.9 Å². The van der Waals surface area contributed by atoms with Crippen molar-refractivity contribution in [1.82, 2.24) is 20.2 Å². The first kappa shape index (κ1) is 20.8. The molecule has 0 atom stereocenters. The maximum atomic E-state index is 6.11. The topological polar surface area (TPSA) is 57.5 Å². The lowest BCUT2D eigenvalue weighted by Crippen LogP contribution is -2.36. The third-order valence-corrected chi connectivity index (χ3v) is 6.09. The van der Waals surface area contributed by atoms with Crippen LogP contribution in [0.3, 0.4) is 0 Å². The van der Waals surface area contributed by atoms with Crippen molar-refractivity contribution in [3.8, 4) is 0 Å². The van der Waals surface area contributed by atoms with Crippen LogP contribution in [0.1, 0.15) is 31.0 Å². The molecule has 2 N–H and O–H groups in total. The zero-order valence-electron chi connectivity index (χ0n) is 16.7. The Kier molecular flexibility index (Phi) is 7.08. The average molecular weight is 423 g/mol. The SMILES string of the molecule is CN=C(NCc1ccc(N2CCC(C)CC2)nc1)NCc1cc(Cl)c(Cl)n1C. The summed E-state index contributed by atoms with van der Waals surface area (Å²) >= 11 is 12.2. The number of piperidine rings is 1. The van der Waals surface area contributed by atoms with E-state index < -0.39 is 0 Å². The lowest BCUT2D eigenvalue weighted by atomic mass is 9.99. The summed E-state index contributed by atoms with van der Waals surface area (Å²) in [6.45, 7) is 5.73. The van der Waals surface area contributed by atoms with E-state index in [0.29, 0.717) is 29.2 Å². The first-order chi connectivity index (χ1) is 13.5. The Labute approximate surface area is 176 Å². The van der Waals surface area contributed by atoms with Crippen molar-refractivity contribution in [3.05, 3.63) is 45.8 Å². The highest BCUT2D eigenvalue weighted by Gasteiger charge is 2.16. The Morgan fingerprint density at radius 3 is 2.50 bits per heavy atom. The highest BCUT2D eigenvalue weighted by atomic mass is 35.5. The Morgan fingerprint density at radius 2 is 1.93 bits per heavy atom. The Balaban J connectivity index is 1.50. The van der Waals surface area contributed by atoms with Crippen LogP contribution in [0.15, 0.2) is 29.4 Å². The summed E-state index contributed by atoms with van der Waals surface area (Å²) < 4.78 is 1.86. The van der Waals surface area contributed by atoms with E-state index in [1.807, 2.05) is 23.9 Å². The van der Waals surface area contributed by atoms with Crippen LogP contribution in [-0.4, -0.2) is 35.6 Å². The van der Waals surface area contributed by atoms with Gasteiger partial charge in [-0.15, -0.1) is 0 Å². The summed E-state index contributed by atoms with van der Waals surface area (Å²) in [5, 5.41) is 7.68. The fourth-order valence-electron chi connectivity index (χ4n) is 3.29. The summed E-state index contributed by atoms with van der Waals surface area (Å²) in [4.78, 5) is 11.3. The van der Waals surface area contributed by atoms with Gasteiger partial charge < -0.3 is 20.1 Å². The predicted molar refractivity (Wildman–Crippen MR) is 117 cm³/mol. The lowest BCUT2D eigenvalue weighted by molar-refractivity contribution is 0.436. The van der Waals surface area contributed by atoms with Crippen molar-refractivity contribution in [1.29, 1.82) is 0 Å². The van der Waals surface area contributed by atoms with Crippen molar-refractivity contribution < 1.29 is 0 Å². The number of nitrogens with zero attached hydrogens (tertiary/aromatic N) is 4. The quantitative estimate of drug-likeness (QED) is 0.567. The van der Waals surface area contributed by atoms with E-state index in [1.54, 1.807) is 7.05 Å². The largest absolute Gasteiger partial charge is 0.357 e. The van der Waals surface area contributed by atoms with Gasteiger partial charge >= 0.3 is 0 Å². The van der Waals surface area contributed by atoms with Gasteiger partial charge in [0.25, 0.3) is 0 Å². The summed E-state index contributed by atoms with van der Waals surface area (Å²) in [6.07, 6.45) is 4.42. The van der Waals surface area contributed by atoms with Gasteiger partial charge in [-0.1, -0.05) is 36.2 Å². The van der Waals surface area contributed by atoms with Crippen molar-refractivity contribution in [2.24, 2.45) is 18.0 Å². The lowest BCUT2D eigenvalue weighted by Gasteiger charge is -2.31. The van der Waals surface area contributed by atoms with E-state index in [1.165, 1.54) is 12.8 Å². The Hall–Kier alpha value is -1.92. The van der Waals surface area contributed by atoms with Crippen LogP contribution in [0.4, 0.5) is 5.82 Å². The molecule has 3 rings (SSSR count). The normalized spacial score (nSPS) is 15.8. The second kappa shape index (κ2) is 9.52. The van der Waals surface area contributed by atoms with E-state index in [4.69, 9.17) is 23.2 Å². The van der Waals surface area contributed by atoms with Gasteiger partial charge in [-0.3, -0.25) is 4.99 Å². The number of guanidine groups is 1. The molecule has 6 nitrogen and oxygen atoms in total. The zero-order chi connectivity index (χ0) is 20.1. The van der Waals surface area contributed by atoms with Gasteiger partial charge in [0.15, 0.2) is 5.96 Å². The molecule has 0 bridgehead atoms. The van der Waals surface area contributed by atoms with E-state index in [0.717, 1.165) is 36.1 Å². The molecule has 8 heteroatoms. The first-order valence-corrected chi connectivity index (χ1v) is 10.4. The molecule has 2 aromatic heterocycles. The molecule has 0 aliphatic carbocycles. The minimum atomic E-state index is 0.538. The smallest absolute Gasteiger partial charge is 0.191 e. The summed E-state index contributed by atoms with van der Waals surface area (Å²) in [5.74, 6) is 2.60. The summed E-state index contributed by atoms with van der Waals surface area (Å²) in [6, 6.07) is 6.09. The fourth-order valence-corrected chi connectivity index (χ4v) is 3.70. The molecule has 1 aliphatic rings. The van der Waals surface area contributed by atoms with Crippen LogP contribution in [-0.2, 0) is 20.1 Å². The third kappa shape index (κ3) is 5.11. The van der Waals surface area contributed by atoms with Crippen LogP contribution >= 0.6 is 23.2 Å². The molecule has 0 amide bonds. The average Bonchev–Trinajstić information content (AvgIpc) is 2.96. The molecule has 0 spiro atoms. The predicted octanol–water partition coefficient (Wildman–Crippen LogP) is 3.83. The van der Waals surface area contributed by atoms with Gasteiger partial charge in [0.05, 0.1) is 11.6 Å². The molecule has 28 heavy (non-hydrogen) atoms. The van der Waals surface area contributed by atoms with Gasteiger partial charge in [-0.25, -0.2) is 4.98 Å². The van der Waals surface area contributed by atoms with Gasteiger partial charge in [0.1, 0.15) is 11.0 Å². The molecule has 1 saturated heterocycles. The minimum absolute atomic E-state index is 0.538. The molecule has 0 unspecified atom stereocenters. The molecule has 1 aliphatic heterocycles. The standard InChI is InChI=1S/C20H28Cl2N6/c1-14-6-8-28(9-7-14)18-5-4-15(11-24-18)12-25-20(23-2)26-13-16-10-17(21)19(22)27(16)3/h4-5,10-11,14H,6-9,12-13H2,1-3H3,(H2,23,25,26). The highest BCUT2D eigenvalue weighted by molar-refractivity contribution is 6.41. The number of pyridine rings is 1. The Bertz CT molecular complexity index is 807. The number of hydrogen-bond acceptors (Lipinski definition) is 3. The molecular formula is C20H28Cl2N6. The number of halogens is 2. The van der Waals surface area contributed by atoms with Crippen LogP contribution in [0.5, 0.6) is 0 Å². The molecule has 0 aromatic carbocycles. The van der Waals surface area contributed by atoms with E-state index in [2.05, 4.69) is 44.6 Å². The first-order valence-electron chi connectivity index (χ1n) is 9.62. The highest BCUT2D eigenvalue weighted by Crippen LogP contribution is 2.25. The minimum Gasteiger partial charge on any atom is -0.357 e. The van der Waals surface area contributed by atoms with Crippen LogP contribution in [0.2, 0.25) is 10.2 Å². The van der Waals surface area contributed by atoms with Gasteiger partial charge in [0, 0.05) is 45.6 Å². The number of nitrogens with one attached hydrogen (secondary N) is 2. The second-order valence-electron chi connectivity index (χ2n) is 7.31. The number of aromatic nitrogens is 2. The van der Waals surface area contributed by atoms with Crippen LogP contribution in [0.25, 0.3) is 0 Å². The van der Waals surface area contributed by atoms with E-state index in [9.17, 15) is 0 Å². The van der Waals surface area contributed by atoms with Crippen molar-refractivity contribution in [3.63, 3.8) is 0 Å². The molecular weight excluding hydrogens is 395 g/mol. The molecule has 0 radical (unpaired) electrons. The maximum Gasteiger partial charge on any atom is 0.191 e. The zero-order valence-corrected chi connectivity index (χ0v) is 18.2.